The summed E-state index contributed by atoms with van der Waals surface area (Å²) in [6.45, 7) is 7.24. The molecule has 200 valence electrons. The number of carbonyl (C=O) groups excluding carboxylic acids is 1. The lowest BCUT2D eigenvalue weighted by molar-refractivity contribution is 0.256. The minimum Gasteiger partial charge on any atom is -0.497 e. The Balaban J connectivity index is 1.73. The maximum atomic E-state index is 13.0. The van der Waals surface area contributed by atoms with Crippen LogP contribution in [0.4, 0.5) is 21.9 Å². The fourth-order valence-corrected chi connectivity index (χ4v) is 4.90. The van der Waals surface area contributed by atoms with Gasteiger partial charge in [0.05, 0.1) is 46.1 Å². The van der Waals surface area contributed by atoms with E-state index in [1.165, 1.54) is 12.1 Å². The summed E-state index contributed by atoms with van der Waals surface area (Å²) in [5.74, 6) is 0.583. The summed E-state index contributed by atoms with van der Waals surface area (Å²) in [5.41, 5.74) is 3.72. The quantitative estimate of drug-likeness (QED) is 0.264. The number of benzene rings is 3. The Morgan fingerprint density at radius 1 is 0.974 bits per heavy atom. The van der Waals surface area contributed by atoms with Gasteiger partial charge in [-0.15, -0.1) is 0 Å². The predicted molar refractivity (Wildman–Crippen MR) is 152 cm³/mol. The van der Waals surface area contributed by atoms with Crippen LogP contribution >= 0.6 is 0 Å². The number of sulfonamides is 1. The van der Waals surface area contributed by atoms with Crippen molar-refractivity contribution >= 4 is 44.0 Å². The van der Waals surface area contributed by atoms with Crippen LogP contribution in [0.5, 0.6) is 5.75 Å². The first-order valence-electron chi connectivity index (χ1n) is 12.1. The molecule has 1 heterocycles. The number of pyridine rings is 1. The number of hydrogen-bond acceptors (Lipinski definition) is 7. The van der Waals surface area contributed by atoms with Gasteiger partial charge in [0.25, 0.3) is 10.0 Å². The molecule has 0 fully saturated rings. The molecule has 3 N–H and O–H groups in total. The highest BCUT2D eigenvalue weighted by Gasteiger charge is 2.22. The third-order valence-electron chi connectivity index (χ3n) is 6.33. The molecule has 0 aliphatic rings. The Hall–Kier alpha value is -4.62. The van der Waals surface area contributed by atoms with Gasteiger partial charge < -0.3 is 15.4 Å². The number of methoxy groups -OCH3 is 1. The Kier molecular flexibility index (Phi) is 7.47. The van der Waals surface area contributed by atoms with Crippen LogP contribution in [0.15, 0.2) is 71.6 Å². The molecule has 0 spiro atoms. The van der Waals surface area contributed by atoms with E-state index < -0.39 is 21.5 Å². The fraction of sp³-hybridized carbons (Fsp3) is 0.207. The molecule has 9 nitrogen and oxygen atoms in total. The minimum absolute atomic E-state index is 0.0277. The zero-order valence-electron chi connectivity index (χ0n) is 22.3. The van der Waals surface area contributed by atoms with Crippen molar-refractivity contribution in [2.45, 2.75) is 38.0 Å². The van der Waals surface area contributed by atoms with Crippen LogP contribution in [-0.2, 0) is 15.4 Å². The molecule has 0 aliphatic carbocycles. The Morgan fingerprint density at radius 3 is 2.26 bits per heavy atom. The van der Waals surface area contributed by atoms with Crippen molar-refractivity contribution in [3.63, 3.8) is 0 Å². The number of fused-ring (bicyclic) bond motifs is 1. The normalized spacial score (nSPS) is 11.5. The molecule has 39 heavy (non-hydrogen) atoms. The number of anilines is 3. The zero-order chi connectivity index (χ0) is 28.4. The number of hydrogen-bond donors (Lipinski definition) is 3. The highest BCUT2D eigenvalue weighted by atomic mass is 32.2. The van der Waals surface area contributed by atoms with Crippen molar-refractivity contribution in [3.05, 3.63) is 83.6 Å². The van der Waals surface area contributed by atoms with Gasteiger partial charge in [0.15, 0.2) is 0 Å². The summed E-state index contributed by atoms with van der Waals surface area (Å²) < 4.78 is 33.1. The van der Waals surface area contributed by atoms with Gasteiger partial charge in [-0.05, 0) is 75.7 Å². The summed E-state index contributed by atoms with van der Waals surface area (Å²) >= 11 is 0. The van der Waals surface area contributed by atoms with Crippen LogP contribution in [0.3, 0.4) is 0 Å². The van der Waals surface area contributed by atoms with Crippen LogP contribution in [0, 0.1) is 25.2 Å². The molecule has 1 aromatic heterocycles. The number of amides is 2. The second kappa shape index (κ2) is 10.6. The molecule has 0 saturated carbocycles. The van der Waals surface area contributed by atoms with Gasteiger partial charge in [0.1, 0.15) is 5.75 Å². The van der Waals surface area contributed by atoms with Gasteiger partial charge in [-0.25, -0.2) is 17.9 Å². The molecule has 4 aromatic rings. The van der Waals surface area contributed by atoms with Gasteiger partial charge in [-0.3, -0.25) is 4.98 Å². The van der Waals surface area contributed by atoms with Gasteiger partial charge in [-0.2, -0.15) is 5.26 Å². The fourth-order valence-electron chi connectivity index (χ4n) is 3.99. The van der Waals surface area contributed by atoms with E-state index in [0.717, 1.165) is 11.1 Å². The summed E-state index contributed by atoms with van der Waals surface area (Å²) in [7, 11) is -2.55. The SMILES string of the molecule is COc1ccc2nc(C)c(NC(=O)NS(=O)(=O)c3ccc(C)cc3)c(Nc3ccc(C(C)(C)C#N)cc3)c2c1. The van der Waals surface area contributed by atoms with Crippen molar-refractivity contribution in [2.75, 3.05) is 17.7 Å². The molecule has 2 amide bonds. The van der Waals surface area contributed by atoms with Crippen molar-refractivity contribution in [1.29, 1.82) is 5.26 Å². The standard InChI is InChI=1S/C29H29N5O4S/c1-18-6-13-23(14-7-18)39(36,37)34-28(35)33-26-19(2)31-25-15-12-22(38-5)16-24(25)27(26)32-21-10-8-20(9-11-21)29(3,4)17-30/h6-16H,1-5H3,(H,31,32)(H2,33,34,35). The number of nitriles is 1. The van der Waals surface area contributed by atoms with E-state index in [1.807, 2.05) is 45.0 Å². The van der Waals surface area contributed by atoms with Crippen LogP contribution in [0.25, 0.3) is 10.9 Å². The van der Waals surface area contributed by atoms with E-state index in [1.54, 1.807) is 44.4 Å². The van der Waals surface area contributed by atoms with E-state index in [2.05, 4.69) is 26.4 Å². The minimum atomic E-state index is -4.10. The Bertz CT molecular complexity index is 1690. The number of nitrogens with one attached hydrogen (secondary N) is 3. The maximum Gasteiger partial charge on any atom is 0.333 e. The smallest absolute Gasteiger partial charge is 0.333 e. The lowest BCUT2D eigenvalue weighted by Gasteiger charge is -2.20. The third kappa shape index (κ3) is 5.94. The van der Waals surface area contributed by atoms with E-state index in [-0.39, 0.29) is 4.90 Å². The van der Waals surface area contributed by atoms with Gasteiger partial charge in [0, 0.05) is 11.1 Å². The van der Waals surface area contributed by atoms with Crippen molar-refractivity contribution in [1.82, 2.24) is 9.71 Å². The topological polar surface area (TPSA) is 133 Å². The number of ether oxygens (including phenoxy) is 1. The third-order valence-corrected chi connectivity index (χ3v) is 7.67. The highest BCUT2D eigenvalue weighted by molar-refractivity contribution is 7.90. The second-order valence-corrected chi connectivity index (χ2v) is 11.3. The number of nitrogens with zero attached hydrogens (tertiary/aromatic N) is 2. The van der Waals surface area contributed by atoms with Gasteiger partial charge >= 0.3 is 6.03 Å². The van der Waals surface area contributed by atoms with Crippen molar-refractivity contribution in [3.8, 4) is 11.8 Å². The number of aromatic nitrogens is 1. The number of rotatable bonds is 7. The summed E-state index contributed by atoms with van der Waals surface area (Å²) in [6, 6.07) is 20.3. The van der Waals surface area contributed by atoms with E-state index in [9.17, 15) is 18.5 Å². The van der Waals surface area contributed by atoms with E-state index in [0.29, 0.717) is 39.4 Å². The monoisotopic (exact) mass is 543 g/mol. The van der Waals surface area contributed by atoms with Crippen LogP contribution in [-0.4, -0.2) is 26.5 Å². The van der Waals surface area contributed by atoms with E-state index >= 15 is 0 Å². The van der Waals surface area contributed by atoms with Crippen molar-refractivity contribution < 1.29 is 17.9 Å². The van der Waals surface area contributed by atoms with Crippen LogP contribution < -0.4 is 20.1 Å². The molecule has 0 radical (unpaired) electrons. The number of carbonyl (C=O) groups is 1. The first-order chi connectivity index (χ1) is 18.4. The van der Waals surface area contributed by atoms with Gasteiger partial charge in [-0.1, -0.05) is 29.8 Å². The number of urea groups is 1. The molecule has 4 rings (SSSR count). The molecule has 0 unspecified atom stereocenters. The Morgan fingerprint density at radius 2 is 1.64 bits per heavy atom. The molecule has 0 saturated heterocycles. The number of aryl methyl sites for hydroxylation is 2. The molecular weight excluding hydrogens is 514 g/mol. The summed E-state index contributed by atoms with van der Waals surface area (Å²) in [5, 5.41) is 16.1. The lowest BCUT2D eigenvalue weighted by atomic mass is 9.86. The molecular formula is C29H29N5O4S. The first-order valence-corrected chi connectivity index (χ1v) is 13.6. The predicted octanol–water partition coefficient (Wildman–Crippen LogP) is 5.92. The van der Waals surface area contributed by atoms with Gasteiger partial charge in [0.2, 0.25) is 0 Å². The molecule has 0 aliphatic heterocycles. The first kappa shape index (κ1) is 27.4. The maximum absolute atomic E-state index is 13.0. The summed E-state index contributed by atoms with van der Waals surface area (Å²) in [6.07, 6.45) is 0. The van der Waals surface area contributed by atoms with Crippen molar-refractivity contribution in [2.24, 2.45) is 0 Å². The molecule has 10 heteroatoms. The zero-order valence-corrected chi connectivity index (χ0v) is 23.1. The molecule has 3 aromatic carbocycles. The molecule has 0 atom stereocenters. The lowest BCUT2D eigenvalue weighted by Crippen LogP contribution is -2.34. The average Bonchev–Trinajstić information content (AvgIpc) is 2.90. The average molecular weight is 544 g/mol. The van der Waals surface area contributed by atoms with Crippen LogP contribution in [0.2, 0.25) is 0 Å². The Labute approximate surface area is 227 Å². The largest absolute Gasteiger partial charge is 0.497 e. The van der Waals surface area contributed by atoms with Crippen LogP contribution in [0.1, 0.15) is 30.7 Å². The molecule has 0 bridgehead atoms. The summed E-state index contributed by atoms with van der Waals surface area (Å²) in [4.78, 5) is 17.5. The van der Waals surface area contributed by atoms with E-state index in [4.69, 9.17) is 4.74 Å². The second-order valence-electron chi connectivity index (χ2n) is 9.64. The highest BCUT2D eigenvalue weighted by Crippen LogP contribution is 2.37.